The molecule has 0 spiro atoms. The smallest absolute Gasteiger partial charge is 0.0615 e. The van der Waals surface area contributed by atoms with Crippen molar-refractivity contribution in [1.29, 1.82) is 0 Å². The summed E-state index contributed by atoms with van der Waals surface area (Å²) in [6, 6.07) is 1.00. The van der Waals surface area contributed by atoms with E-state index >= 15 is 0 Å². The van der Waals surface area contributed by atoms with E-state index in [2.05, 4.69) is 37.9 Å². The molecule has 0 radical (unpaired) electrons. The second-order valence-corrected chi connectivity index (χ2v) is 6.12. The van der Waals surface area contributed by atoms with Gasteiger partial charge in [-0.1, -0.05) is 13.8 Å². The first-order chi connectivity index (χ1) is 9.52. The Labute approximate surface area is 126 Å². The van der Waals surface area contributed by atoms with Crippen LogP contribution in [0, 0.1) is 5.92 Å². The van der Waals surface area contributed by atoms with Crippen molar-refractivity contribution in [3.63, 3.8) is 0 Å². The van der Waals surface area contributed by atoms with Crippen molar-refractivity contribution in [3.05, 3.63) is 0 Å². The molecular weight excluding hydrogens is 252 g/mol. The molecule has 0 aromatic rings. The maximum Gasteiger partial charge on any atom is 0.0615 e. The molecule has 0 aliphatic carbocycles. The average molecular weight is 288 g/mol. The normalized spacial score (nSPS) is 15.0. The van der Waals surface area contributed by atoms with Crippen LogP contribution in [0.3, 0.4) is 0 Å². The van der Waals surface area contributed by atoms with Gasteiger partial charge in [0.1, 0.15) is 0 Å². The van der Waals surface area contributed by atoms with Gasteiger partial charge in [-0.25, -0.2) is 0 Å². The lowest BCUT2D eigenvalue weighted by atomic mass is 10.1. The zero-order valence-electron chi connectivity index (χ0n) is 14.4. The van der Waals surface area contributed by atoms with Gasteiger partial charge >= 0.3 is 0 Å². The lowest BCUT2D eigenvalue weighted by Gasteiger charge is -2.34. The van der Waals surface area contributed by atoms with Crippen molar-refractivity contribution in [3.8, 4) is 0 Å². The van der Waals surface area contributed by atoms with Crippen LogP contribution in [0.1, 0.15) is 40.5 Å². The Kier molecular flexibility index (Phi) is 12.5. The molecule has 0 saturated heterocycles. The molecule has 0 bridgehead atoms. The van der Waals surface area contributed by atoms with Gasteiger partial charge in [0.25, 0.3) is 0 Å². The molecule has 122 valence electrons. The lowest BCUT2D eigenvalue weighted by molar-refractivity contribution is 0.0489. The minimum absolute atomic E-state index is 0.439. The predicted octanol–water partition coefficient (Wildman–Crippen LogP) is 2.38. The quantitative estimate of drug-likeness (QED) is 0.528. The molecule has 0 aromatic carbocycles. The Morgan fingerprint density at radius 3 is 2.25 bits per heavy atom. The fraction of sp³-hybridized carbons (Fsp3) is 1.00. The molecule has 4 nitrogen and oxygen atoms in total. The summed E-state index contributed by atoms with van der Waals surface area (Å²) in [5.41, 5.74) is 0. The highest BCUT2D eigenvalue weighted by atomic mass is 16.5. The standard InChI is InChI=1S/C16H36N2O2/c1-14(2)12-17-9-7-8-15(3)18(10-11-19-5)16(4)13-20-6/h14-17H,7-13H2,1-6H3. The van der Waals surface area contributed by atoms with E-state index in [9.17, 15) is 0 Å². The van der Waals surface area contributed by atoms with Crippen molar-refractivity contribution in [2.75, 3.05) is 47.1 Å². The van der Waals surface area contributed by atoms with Gasteiger partial charge in [0.15, 0.2) is 0 Å². The lowest BCUT2D eigenvalue weighted by Crippen LogP contribution is -2.44. The highest BCUT2D eigenvalue weighted by Gasteiger charge is 2.19. The Hall–Kier alpha value is -0.160. The Balaban J connectivity index is 4.02. The molecule has 4 heteroatoms. The maximum atomic E-state index is 5.29. The summed E-state index contributed by atoms with van der Waals surface area (Å²) in [4.78, 5) is 2.50. The van der Waals surface area contributed by atoms with E-state index in [-0.39, 0.29) is 0 Å². The summed E-state index contributed by atoms with van der Waals surface area (Å²) in [6.07, 6.45) is 2.43. The molecule has 2 atom stereocenters. The van der Waals surface area contributed by atoms with Gasteiger partial charge in [0.2, 0.25) is 0 Å². The number of ether oxygens (including phenoxy) is 2. The van der Waals surface area contributed by atoms with Gasteiger partial charge in [-0.05, 0) is 45.7 Å². The van der Waals surface area contributed by atoms with Crippen LogP contribution in [0.5, 0.6) is 0 Å². The Morgan fingerprint density at radius 2 is 1.70 bits per heavy atom. The summed E-state index contributed by atoms with van der Waals surface area (Å²) in [6.45, 7) is 13.8. The topological polar surface area (TPSA) is 33.7 Å². The zero-order valence-corrected chi connectivity index (χ0v) is 14.4. The summed E-state index contributed by atoms with van der Waals surface area (Å²) in [5, 5.41) is 3.51. The molecule has 0 amide bonds. The van der Waals surface area contributed by atoms with Gasteiger partial charge in [0.05, 0.1) is 13.2 Å². The van der Waals surface area contributed by atoms with Crippen LogP contribution in [0.2, 0.25) is 0 Å². The Bertz CT molecular complexity index is 213. The number of hydrogen-bond donors (Lipinski definition) is 1. The van der Waals surface area contributed by atoms with Crippen LogP contribution in [-0.2, 0) is 9.47 Å². The van der Waals surface area contributed by atoms with Gasteiger partial charge in [-0.3, -0.25) is 4.90 Å². The first-order valence-corrected chi connectivity index (χ1v) is 7.97. The van der Waals surface area contributed by atoms with Crippen molar-refractivity contribution >= 4 is 0 Å². The molecule has 0 aliphatic heterocycles. The van der Waals surface area contributed by atoms with Crippen molar-refractivity contribution in [2.24, 2.45) is 5.92 Å². The predicted molar refractivity (Wildman–Crippen MR) is 86.3 cm³/mol. The number of hydrogen-bond acceptors (Lipinski definition) is 4. The number of rotatable bonds is 13. The van der Waals surface area contributed by atoms with Crippen LogP contribution in [0.15, 0.2) is 0 Å². The second-order valence-electron chi connectivity index (χ2n) is 6.12. The molecule has 0 heterocycles. The summed E-state index contributed by atoms with van der Waals surface area (Å²) >= 11 is 0. The average Bonchev–Trinajstić information content (AvgIpc) is 2.38. The van der Waals surface area contributed by atoms with E-state index in [1.807, 2.05) is 0 Å². The SMILES string of the molecule is COCCN(C(C)CCCNCC(C)C)C(C)COC. The fourth-order valence-corrected chi connectivity index (χ4v) is 2.49. The first-order valence-electron chi connectivity index (χ1n) is 7.97. The van der Waals surface area contributed by atoms with E-state index in [0.29, 0.717) is 12.1 Å². The molecule has 0 fully saturated rings. The van der Waals surface area contributed by atoms with Gasteiger partial charge in [-0.2, -0.15) is 0 Å². The molecule has 20 heavy (non-hydrogen) atoms. The number of nitrogens with zero attached hydrogens (tertiary/aromatic N) is 1. The molecule has 2 unspecified atom stereocenters. The molecule has 0 saturated carbocycles. The molecule has 0 aromatic heterocycles. The monoisotopic (exact) mass is 288 g/mol. The maximum absolute atomic E-state index is 5.29. The fourth-order valence-electron chi connectivity index (χ4n) is 2.49. The van der Waals surface area contributed by atoms with Crippen LogP contribution in [-0.4, -0.2) is 64.1 Å². The summed E-state index contributed by atoms with van der Waals surface area (Å²) in [7, 11) is 3.53. The zero-order chi connectivity index (χ0) is 15.4. The third-order valence-electron chi connectivity index (χ3n) is 3.62. The van der Waals surface area contributed by atoms with Crippen LogP contribution < -0.4 is 5.32 Å². The van der Waals surface area contributed by atoms with E-state index in [1.54, 1.807) is 14.2 Å². The Morgan fingerprint density at radius 1 is 1.00 bits per heavy atom. The van der Waals surface area contributed by atoms with E-state index < -0.39 is 0 Å². The minimum atomic E-state index is 0.439. The number of nitrogens with one attached hydrogen (secondary N) is 1. The molecule has 0 aliphatic rings. The van der Waals surface area contributed by atoms with E-state index in [4.69, 9.17) is 9.47 Å². The van der Waals surface area contributed by atoms with Crippen molar-refractivity contribution in [1.82, 2.24) is 10.2 Å². The summed E-state index contributed by atoms with van der Waals surface area (Å²) in [5.74, 6) is 0.729. The van der Waals surface area contributed by atoms with E-state index in [0.717, 1.165) is 38.8 Å². The third-order valence-corrected chi connectivity index (χ3v) is 3.62. The van der Waals surface area contributed by atoms with Crippen LogP contribution in [0.4, 0.5) is 0 Å². The second kappa shape index (κ2) is 12.6. The van der Waals surface area contributed by atoms with Gasteiger partial charge < -0.3 is 14.8 Å². The van der Waals surface area contributed by atoms with Crippen LogP contribution >= 0.6 is 0 Å². The number of methoxy groups -OCH3 is 2. The molecule has 1 N–H and O–H groups in total. The highest BCUT2D eigenvalue weighted by Crippen LogP contribution is 2.11. The minimum Gasteiger partial charge on any atom is -0.383 e. The summed E-state index contributed by atoms with van der Waals surface area (Å²) < 4.78 is 10.5. The first kappa shape index (κ1) is 19.8. The van der Waals surface area contributed by atoms with Gasteiger partial charge in [0, 0.05) is 32.8 Å². The largest absolute Gasteiger partial charge is 0.383 e. The van der Waals surface area contributed by atoms with Crippen molar-refractivity contribution in [2.45, 2.75) is 52.6 Å². The highest BCUT2D eigenvalue weighted by molar-refractivity contribution is 4.74. The van der Waals surface area contributed by atoms with Gasteiger partial charge in [-0.15, -0.1) is 0 Å². The molecular formula is C16H36N2O2. The third kappa shape index (κ3) is 9.70. The van der Waals surface area contributed by atoms with E-state index in [1.165, 1.54) is 12.8 Å². The van der Waals surface area contributed by atoms with Crippen molar-refractivity contribution < 1.29 is 9.47 Å². The van der Waals surface area contributed by atoms with Crippen LogP contribution in [0.25, 0.3) is 0 Å². The molecule has 0 rings (SSSR count).